The summed E-state index contributed by atoms with van der Waals surface area (Å²) in [7, 11) is 1.54. The molecule has 2 N–H and O–H groups in total. The smallest absolute Gasteiger partial charge is 0.162 e. The quantitative estimate of drug-likeness (QED) is 0.829. The molecule has 1 aliphatic heterocycles. The number of rotatable bonds is 4. The molecule has 1 saturated carbocycles. The topological polar surface area (TPSA) is 68.5 Å². The number of benzene rings is 1. The van der Waals surface area contributed by atoms with E-state index in [1.54, 1.807) is 6.07 Å². The number of nitriles is 1. The highest BCUT2D eigenvalue weighted by atomic mass is 35.5. The van der Waals surface area contributed by atoms with Gasteiger partial charge in [-0.15, -0.1) is 24.8 Å². The van der Waals surface area contributed by atoms with E-state index < -0.39 is 0 Å². The molecule has 1 heterocycles. The Labute approximate surface area is 162 Å². The van der Waals surface area contributed by atoms with Crippen molar-refractivity contribution in [2.45, 2.75) is 31.7 Å². The highest BCUT2D eigenvalue weighted by Crippen LogP contribution is 2.45. The van der Waals surface area contributed by atoms with Crippen LogP contribution < -0.4 is 10.1 Å². The van der Waals surface area contributed by atoms with Crippen LogP contribution in [0.15, 0.2) is 12.1 Å². The van der Waals surface area contributed by atoms with Crippen LogP contribution in [0.25, 0.3) is 0 Å². The van der Waals surface area contributed by atoms with E-state index in [9.17, 15) is 10.4 Å². The van der Waals surface area contributed by atoms with E-state index in [0.717, 1.165) is 31.7 Å². The molecule has 0 amide bonds. The van der Waals surface area contributed by atoms with Gasteiger partial charge in [-0.2, -0.15) is 5.26 Å². The number of hydrogen-bond acceptors (Lipinski definition) is 5. The lowest BCUT2D eigenvalue weighted by Crippen LogP contribution is -2.46. The van der Waals surface area contributed by atoms with E-state index >= 15 is 0 Å². The number of nitrogens with one attached hydrogen (secondary N) is 1. The SMILES string of the molecule is COc1cc(C#N)cc([C@H](C2CCCC2)N2CCNCC2)c1O.Cl.Cl. The van der Waals surface area contributed by atoms with E-state index in [-0.39, 0.29) is 36.6 Å². The van der Waals surface area contributed by atoms with Crippen molar-refractivity contribution in [2.24, 2.45) is 5.92 Å². The van der Waals surface area contributed by atoms with Crippen molar-refractivity contribution in [2.75, 3.05) is 33.3 Å². The van der Waals surface area contributed by atoms with Crippen LogP contribution >= 0.6 is 24.8 Å². The van der Waals surface area contributed by atoms with Gasteiger partial charge in [-0.25, -0.2) is 0 Å². The van der Waals surface area contributed by atoms with Gasteiger partial charge >= 0.3 is 0 Å². The van der Waals surface area contributed by atoms with Crippen LogP contribution in [0.3, 0.4) is 0 Å². The number of methoxy groups -OCH3 is 1. The van der Waals surface area contributed by atoms with Crippen LogP contribution in [0.4, 0.5) is 0 Å². The van der Waals surface area contributed by atoms with Crippen molar-refractivity contribution >= 4 is 24.8 Å². The highest BCUT2D eigenvalue weighted by Gasteiger charge is 2.34. The standard InChI is InChI=1S/C18H25N3O2.2ClH/c1-23-16-11-13(12-19)10-15(18(16)22)17(14-4-2-3-5-14)21-8-6-20-7-9-21;;/h10-11,14,17,20,22H,2-9H2,1H3;2*1H/t17-;;/m0../s1. The van der Waals surface area contributed by atoms with Gasteiger partial charge in [0.05, 0.1) is 18.7 Å². The third kappa shape index (κ3) is 4.71. The Bertz CT molecular complexity index is 595. The first-order valence-corrected chi connectivity index (χ1v) is 8.50. The summed E-state index contributed by atoms with van der Waals surface area (Å²) >= 11 is 0. The average molecular weight is 388 g/mol. The summed E-state index contributed by atoms with van der Waals surface area (Å²) < 4.78 is 5.30. The zero-order chi connectivity index (χ0) is 16.2. The van der Waals surface area contributed by atoms with Crippen molar-refractivity contribution in [1.29, 1.82) is 5.26 Å². The summed E-state index contributed by atoms with van der Waals surface area (Å²) in [4.78, 5) is 2.46. The molecule has 0 unspecified atom stereocenters. The number of halogens is 2. The van der Waals surface area contributed by atoms with Crippen molar-refractivity contribution in [1.82, 2.24) is 10.2 Å². The number of ether oxygens (including phenoxy) is 1. The zero-order valence-electron chi connectivity index (χ0n) is 14.5. The molecule has 0 radical (unpaired) electrons. The van der Waals surface area contributed by atoms with Gasteiger partial charge in [0.15, 0.2) is 11.5 Å². The maximum atomic E-state index is 10.7. The molecule has 0 bridgehead atoms. The van der Waals surface area contributed by atoms with E-state index in [4.69, 9.17) is 4.74 Å². The first kappa shape index (κ1) is 21.9. The van der Waals surface area contributed by atoms with Crippen LogP contribution in [-0.4, -0.2) is 43.3 Å². The predicted molar refractivity (Wildman–Crippen MR) is 103 cm³/mol. The molecule has 25 heavy (non-hydrogen) atoms. The second-order valence-electron chi connectivity index (χ2n) is 6.50. The predicted octanol–water partition coefficient (Wildman–Crippen LogP) is 3.25. The van der Waals surface area contributed by atoms with Crippen molar-refractivity contribution in [3.05, 3.63) is 23.3 Å². The molecule has 2 fully saturated rings. The molecular formula is C18H27Cl2N3O2. The van der Waals surface area contributed by atoms with Gasteiger partial charge < -0.3 is 15.2 Å². The second-order valence-corrected chi connectivity index (χ2v) is 6.50. The zero-order valence-corrected chi connectivity index (χ0v) is 16.2. The Morgan fingerprint density at radius 3 is 2.44 bits per heavy atom. The minimum Gasteiger partial charge on any atom is -0.504 e. The number of piperazine rings is 1. The molecule has 1 atom stereocenters. The van der Waals surface area contributed by atoms with Gasteiger partial charge in [0.25, 0.3) is 0 Å². The van der Waals surface area contributed by atoms with Crippen molar-refractivity contribution in [3.8, 4) is 17.6 Å². The van der Waals surface area contributed by atoms with Crippen LogP contribution in [0.5, 0.6) is 11.5 Å². The molecule has 7 heteroatoms. The normalized spacial score (nSPS) is 19.4. The summed E-state index contributed by atoms with van der Waals surface area (Å²) in [6.45, 7) is 3.89. The maximum Gasteiger partial charge on any atom is 0.162 e. The number of phenols is 1. The third-order valence-electron chi connectivity index (χ3n) is 5.16. The molecule has 1 saturated heterocycles. The van der Waals surface area contributed by atoms with Gasteiger partial charge in [0.1, 0.15) is 0 Å². The molecule has 3 rings (SSSR count). The Morgan fingerprint density at radius 2 is 1.88 bits per heavy atom. The second kappa shape index (κ2) is 10.1. The molecule has 5 nitrogen and oxygen atoms in total. The third-order valence-corrected chi connectivity index (χ3v) is 5.16. The molecule has 140 valence electrons. The van der Waals surface area contributed by atoms with Crippen LogP contribution in [0.2, 0.25) is 0 Å². The first-order chi connectivity index (χ1) is 11.2. The summed E-state index contributed by atoms with van der Waals surface area (Å²) in [6.07, 6.45) is 4.88. The van der Waals surface area contributed by atoms with E-state index in [1.807, 2.05) is 6.07 Å². The average Bonchev–Trinajstić information content (AvgIpc) is 3.12. The van der Waals surface area contributed by atoms with Gasteiger partial charge in [-0.05, 0) is 24.8 Å². The molecule has 1 aromatic rings. The van der Waals surface area contributed by atoms with Gasteiger partial charge in [0.2, 0.25) is 0 Å². The monoisotopic (exact) mass is 387 g/mol. The minimum atomic E-state index is 0. The Hall–Kier alpha value is -1.19. The fourth-order valence-electron chi connectivity index (χ4n) is 4.06. The molecule has 1 aliphatic carbocycles. The van der Waals surface area contributed by atoms with Gasteiger partial charge in [-0.3, -0.25) is 4.90 Å². The molecule has 1 aromatic carbocycles. The molecule has 0 aromatic heterocycles. The van der Waals surface area contributed by atoms with E-state index in [0.29, 0.717) is 17.2 Å². The molecule has 0 spiro atoms. The summed E-state index contributed by atoms with van der Waals surface area (Å²) in [5.41, 5.74) is 1.41. The van der Waals surface area contributed by atoms with Crippen LogP contribution in [0, 0.1) is 17.2 Å². The summed E-state index contributed by atoms with van der Waals surface area (Å²) in [5, 5.41) is 23.4. The van der Waals surface area contributed by atoms with Crippen molar-refractivity contribution in [3.63, 3.8) is 0 Å². The lowest BCUT2D eigenvalue weighted by molar-refractivity contribution is 0.123. The molecular weight excluding hydrogens is 361 g/mol. The Balaban J connectivity index is 0.00000156. The van der Waals surface area contributed by atoms with Crippen LogP contribution in [0.1, 0.15) is 42.9 Å². The van der Waals surface area contributed by atoms with E-state index in [1.165, 1.54) is 32.8 Å². The largest absolute Gasteiger partial charge is 0.504 e. The Kier molecular flexibility index (Phi) is 8.81. The highest BCUT2D eigenvalue weighted by molar-refractivity contribution is 5.85. The van der Waals surface area contributed by atoms with Crippen molar-refractivity contribution < 1.29 is 9.84 Å². The van der Waals surface area contributed by atoms with Gasteiger partial charge in [0, 0.05) is 43.9 Å². The first-order valence-electron chi connectivity index (χ1n) is 8.50. The number of phenolic OH excluding ortho intramolecular Hbond substituents is 1. The lowest BCUT2D eigenvalue weighted by Gasteiger charge is -2.39. The number of aromatic hydroxyl groups is 1. The minimum absolute atomic E-state index is 0. The molecule has 2 aliphatic rings. The fourth-order valence-corrected chi connectivity index (χ4v) is 4.06. The van der Waals surface area contributed by atoms with Crippen LogP contribution in [-0.2, 0) is 0 Å². The summed E-state index contributed by atoms with van der Waals surface area (Å²) in [5.74, 6) is 1.14. The maximum absolute atomic E-state index is 10.7. The fraction of sp³-hybridized carbons (Fsp3) is 0.611. The van der Waals surface area contributed by atoms with E-state index in [2.05, 4.69) is 16.3 Å². The van der Waals surface area contributed by atoms with Gasteiger partial charge in [-0.1, -0.05) is 12.8 Å². The lowest BCUT2D eigenvalue weighted by atomic mass is 9.88. The summed E-state index contributed by atoms with van der Waals surface area (Å²) in [6, 6.07) is 5.83. The Morgan fingerprint density at radius 1 is 1.24 bits per heavy atom. The number of nitrogens with zero attached hydrogens (tertiary/aromatic N) is 2. The number of hydrogen-bond donors (Lipinski definition) is 2.